The summed E-state index contributed by atoms with van der Waals surface area (Å²) in [5.74, 6) is 0.608. The van der Waals surface area contributed by atoms with Crippen molar-refractivity contribution in [3.63, 3.8) is 0 Å². The lowest BCUT2D eigenvalue weighted by Gasteiger charge is -1.94. The molecule has 1 aromatic rings. The first-order chi connectivity index (χ1) is 4.93. The second kappa shape index (κ2) is 4.30. The fraction of sp³-hybridized carbons (Fsp3) is 0.286. The predicted molar refractivity (Wildman–Crippen MR) is 40.5 cm³/mol. The van der Waals surface area contributed by atoms with Gasteiger partial charge in [-0.3, -0.25) is 0 Å². The molecule has 10 heavy (non-hydrogen) atoms. The van der Waals surface area contributed by atoms with E-state index in [0.29, 0.717) is 5.75 Å². The van der Waals surface area contributed by atoms with Crippen LogP contribution in [0.15, 0.2) is 29.4 Å². The van der Waals surface area contributed by atoms with Crippen molar-refractivity contribution in [1.29, 1.82) is 0 Å². The summed E-state index contributed by atoms with van der Waals surface area (Å²) in [6.45, 7) is -0.0404. The molecule has 0 aliphatic heterocycles. The highest BCUT2D eigenvalue weighted by atomic mass is 32.2. The maximum Gasteiger partial charge on any atom is 0.0960 e. The summed E-state index contributed by atoms with van der Waals surface area (Å²) < 4.78 is 0. The molecule has 0 saturated heterocycles. The zero-order valence-corrected chi connectivity index (χ0v) is 6.30. The minimum Gasteiger partial charge on any atom is -0.250 e. The number of pyridine rings is 1. The van der Waals surface area contributed by atoms with Gasteiger partial charge in [-0.25, -0.2) is 10.1 Å². The average molecular weight is 154 g/mol. The van der Waals surface area contributed by atoms with E-state index in [9.17, 15) is 5.11 Å². The van der Waals surface area contributed by atoms with E-state index in [4.69, 9.17) is 0 Å². The molecule has 3 heteroatoms. The summed E-state index contributed by atoms with van der Waals surface area (Å²) in [7, 11) is 0. The van der Waals surface area contributed by atoms with Crippen molar-refractivity contribution in [1.82, 2.24) is 4.98 Å². The number of hydrogen-bond acceptors (Lipinski definition) is 2. The minimum absolute atomic E-state index is 0.0404. The molecule has 0 fully saturated rings. The van der Waals surface area contributed by atoms with Gasteiger partial charge < -0.3 is 0 Å². The molecule has 1 radical (unpaired) electrons. The Morgan fingerprint density at radius 1 is 1.50 bits per heavy atom. The van der Waals surface area contributed by atoms with Crippen molar-refractivity contribution >= 4 is 11.8 Å². The first kappa shape index (κ1) is 7.57. The third kappa shape index (κ3) is 2.37. The number of hydrogen-bond donors (Lipinski definition) is 0. The Kier molecular flexibility index (Phi) is 3.26. The van der Waals surface area contributed by atoms with E-state index >= 15 is 0 Å². The van der Waals surface area contributed by atoms with Gasteiger partial charge in [-0.2, -0.15) is 0 Å². The monoisotopic (exact) mass is 154 g/mol. The van der Waals surface area contributed by atoms with Crippen LogP contribution < -0.4 is 0 Å². The maximum absolute atomic E-state index is 10.1. The fourth-order valence-electron chi connectivity index (χ4n) is 0.579. The van der Waals surface area contributed by atoms with Crippen LogP contribution in [-0.4, -0.2) is 17.3 Å². The lowest BCUT2D eigenvalue weighted by Crippen LogP contribution is -1.84. The molecule has 1 heterocycles. The molecule has 1 rings (SSSR count). The van der Waals surface area contributed by atoms with Crippen LogP contribution in [0.25, 0.3) is 0 Å². The number of aromatic nitrogens is 1. The van der Waals surface area contributed by atoms with Crippen molar-refractivity contribution in [2.45, 2.75) is 5.03 Å². The molecule has 53 valence electrons. The van der Waals surface area contributed by atoms with Gasteiger partial charge in [-0.15, -0.1) is 11.8 Å². The number of thioether (sulfide) groups is 1. The van der Waals surface area contributed by atoms with E-state index in [1.165, 1.54) is 11.8 Å². The summed E-state index contributed by atoms with van der Waals surface area (Å²) in [5, 5.41) is 11.0. The summed E-state index contributed by atoms with van der Waals surface area (Å²) >= 11 is 1.50. The van der Waals surface area contributed by atoms with Gasteiger partial charge >= 0.3 is 0 Å². The molecule has 0 unspecified atom stereocenters. The predicted octanol–water partition coefficient (Wildman–Crippen LogP) is 1.60. The molecule has 0 aromatic carbocycles. The van der Waals surface area contributed by atoms with Crippen LogP contribution in [0.1, 0.15) is 0 Å². The number of nitrogens with zero attached hydrogens (tertiary/aromatic N) is 1. The quantitative estimate of drug-likeness (QED) is 0.619. The van der Waals surface area contributed by atoms with E-state index in [0.717, 1.165) is 5.03 Å². The molecule has 0 bridgehead atoms. The first-order valence-electron chi connectivity index (χ1n) is 3.05. The Hall–Kier alpha value is -0.540. The Balaban J connectivity index is 2.43. The van der Waals surface area contributed by atoms with Crippen LogP contribution in [0.4, 0.5) is 0 Å². The molecule has 0 aliphatic rings. The highest BCUT2D eigenvalue weighted by molar-refractivity contribution is 7.99. The summed E-state index contributed by atoms with van der Waals surface area (Å²) in [4.78, 5) is 4.04. The molecule has 0 aliphatic carbocycles. The average Bonchev–Trinajstić information content (AvgIpc) is 2.03. The molecule has 1 aromatic heterocycles. The van der Waals surface area contributed by atoms with E-state index in [-0.39, 0.29) is 6.61 Å². The van der Waals surface area contributed by atoms with Crippen molar-refractivity contribution < 1.29 is 5.11 Å². The second-order valence-corrected chi connectivity index (χ2v) is 2.84. The molecular weight excluding hydrogens is 146 g/mol. The number of rotatable bonds is 3. The van der Waals surface area contributed by atoms with Crippen LogP contribution in [0.2, 0.25) is 0 Å². The Bertz CT molecular complexity index is 178. The van der Waals surface area contributed by atoms with E-state index in [1.54, 1.807) is 6.20 Å². The Morgan fingerprint density at radius 3 is 3.00 bits per heavy atom. The molecule has 0 N–H and O–H groups in total. The zero-order chi connectivity index (χ0) is 7.23. The fourth-order valence-corrected chi connectivity index (χ4v) is 1.18. The Labute approximate surface area is 64.3 Å². The lowest BCUT2D eigenvalue weighted by atomic mass is 10.5. The molecule has 0 spiro atoms. The van der Waals surface area contributed by atoms with Gasteiger partial charge in [0.1, 0.15) is 0 Å². The minimum atomic E-state index is -0.0404. The van der Waals surface area contributed by atoms with Gasteiger partial charge in [0.15, 0.2) is 0 Å². The summed E-state index contributed by atoms with van der Waals surface area (Å²) in [6, 6.07) is 5.68. The largest absolute Gasteiger partial charge is 0.250 e. The summed E-state index contributed by atoms with van der Waals surface area (Å²) in [5.41, 5.74) is 0. The molecule has 0 saturated carbocycles. The van der Waals surface area contributed by atoms with Gasteiger partial charge in [-0.05, 0) is 12.1 Å². The van der Waals surface area contributed by atoms with Crippen molar-refractivity contribution in [2.75, 3.05) is 12.4 Å². The standard InChI is InChI=1S/C7H8NOS/c9-5-6-10-7-3-1-2-4-8-7/h1-4H,5-6H2. The Morgan fingerprint density at radius 2 is 2.40 bits per heavy atom. The zero-order valence-electron chi connectivity index (χ0n) is 5.49. The second-order valence-electron chi connectivity index (χ2n) is 1.72. The smallest absolute Gasteiger partial charge is 0.0960 e. The van der Waals surface area contributed by atoms with Gasteiger partial charge in [0.25, 0.3) is 0 Å². The molecule has 0 amide bonds. The van der Waals surface area contributed by atoms with Crippen LogP contribution in [0.5, 0.6) is 0 Å². The van der Waals surface area contributed by atoms with Crippen molar-refractivity contribution in [2.24, 2.45) is 0 Å². The molecule has 2 nitrogen and oxygen atoms in total. The van der Waals surface area contributed by atoms with Gasteiger partial charge in [-0.1, -0.05) is 6.07 Å². The molecular formula is C7H8NOS. The molecule has 0 atom stereocenters. The van der Waals surface area contributed by atoms with Crippen LogP contribution in [0.3, 0.4) is 0 Å². The highest BCUT2D eigenvalue weighted by Crippen LogP contribution is 2.12. The first-order valence-corrected chi connectivity index (χ1v) is 4.04. The third-order valence-corrected chi connectivity index (χ3v) is 1.88. The van der Waals surface area contributed by atoms with Crippen LogP contribution >= 0.6 is 11.8 Å². The van der Waals surface area contributed by atoms with Crippen LogP contribution in [-0.2, 0) is 5.11 Å². The van der Waals surface area contributed by atoms with Gasteiger partial charge in [0, 0.05) is 11.9 Å². The van der Waals surface area contributed by atoms with Gasteiger partial charge in [0.05, 0.1) is 11.6 Å². The van der Waals surface area contributed by atoms with Crippen molar-refractivity contribution in [3.8, 4) is 0 Å². The third-order valence-electron chi connectivity index (χ3n) is 0.971. The SMILES string of the molecule is [O]CCSc1ccccn1. The van der Waals surface area contributed by atoms with Crippen LogP contribution in [0, 0.1) is 0 Å². The van der Waals surface area contributed by atoms with E-state index in [2.05, 4.69) is 4.98 Å². The van der Waals surface area contributed by atoms with Gasteiger partial charge in [0.2, 0.25) is 0 Å². The topological polar surface area (TPSA) is 32.8 Å². The van der Waals surface area contributed by atoms with E-state index in [1.807, 2.05) is 18.2 Å². The highest BCUT2D eigenvalue weighted by Gasteiger charge is 1.90. The van der Waals surface area contributed by atoms with Crippen molar-refractivity contribution in [3.05, 3.63) is 24.4 Å². The summed E-state index contributed by atoms with van der Waals surface area (Å²) in [6.07, 6.45) is 1.73. The van der Waals surface area contributed by atoms with E-state index < -0.39 is 0 Å². The normalized spacial score (nSPS) is 9.70. The lowest BCUT2D eigenvalue weighted by molar-refractivity contribution is 0.215. The maximum atomic E-state index is 10.1.